The molecule has 1 aromatic heterocycles. The second-order valence-electron chi connectivity index (χ2n) is 5.11. The fourth-order valence-electron chi connectivity index (χ4n) is 2.52. The molecule has 1 N–H and O–H groups in total. The van der Waals surface area contributed by atoms with E-state index in [4.69, 9.17) is 0 Å². The monoisotopic (exact) mass is 274 g/mol. The summed E-state index contributed by atoms with van der Waals surface area (Å²) in [4.78, 5) is 4.52. The van der Waals surface area contributed by atoms with E-state index in [1.807, 2.05) is 18.3 Å². The van der Waals surface area contributed by atoms with E-state index in [0.29, 0.717) is 0 Å². The number of nitrogens with one attached hydrogen (secondary N) is 1. The number of aromatic nitrogens is 1. The highest BCUT2D eigenvalue weighted by Gasteiger charge is 2.09. The Kier molecular flexibility index (Phi) is 3.69. The van der Waals surface area contributed by atoms with Gasteiger partial charge in [0.15, 0.2) is 0 Å². The van der Waals surface area contributed by atoms with Crippen molar-refractivity contribution in [2.75, 3.05) is 5.32 Å². The normalized spacial score (nSPS) is 12.0. The zero-order chi connectivity index (χ0) is 14.7. The van der Waals surface area contributed by atoms with Crippen molar-refractivity contribution in [3.63, 3.8) is 0 Å². The first-order valence-electron chi connectivity index (χ1n) is 7.10. The third-order valence-corrected chi connectivity index (χ3v) is 3.66. The van der Waals surface area contributed by atoms with E-state index in [1.54, 1.807) is 0 Å². The van der Waals surface area contributed by atoms with E-state index in [1.165, 1.54) is 10.9 Å². The van der Waals surface area contributed by atoms with Gasteiger partial charge in [-0.25, -0.2) is 0 Å². The molecular formula is C19H18N2. The predicted molar refractivity (Wildman–Crippen MR) is 90.3 cm³/mol. The summed E-state index contributed by atoms with van der Waals surface area (Å²) in [7, 11) is 0. The van der Waals surface area contributed by atoms with Crippen molar-refractivity contribution in [1.82, 2.24) is 4.98 Å². The van der Waals surface area contributed by atoms with E-state index in [-0.39, 0.29) is 6.04 Å². The van der Waals surface area contributed by atoms with Gasteiger partial charge in [-0.3, -0.25) is 4.98 Å². The average molecular weight is 274 g/mol. The molecule has 1 unspecified atom stereocenters. The maximum absolute atomic E-state index is 4.52. The lowest BCUT2D eigenvalue weighted by atomic mass is 10.0. The third-order valence-electron chi connectivity index (χ3n) is 3.66. The Hall–Kier alpha value is -2.61. The minimum atomic E-state index is 0.193. The van der Waals surface area contributed by atoms with Crippen LogP contribution >= 0.6 is 0 Å². The van der Waals surface area contributed by atoms with Gasteiger partial charge in [0, 0.05) is 22.8 Å². The number of para-hydroxylation sites is 1. The lowest BCUT2D eigenvalue weighted by Crippen LogP contribution is -2.07. The van der Waals surface area contributed by atoms with Crippen LogP contribution in [-0.2, 0) is 0 Å². The summed E-state index contributed by atoms with van der Waals surface area (Å²) in [6.07, 6.45) is 3.69. The number of anilines is 1. The molecule has 0 saturated carbocycles. The van der Waals surface area contributed by atoms with Crippen molar-refractivity contribution >= 4 is 22.7 Å². The van der Waals surface area contributed by atoms with Crippen molar-refractivity contribution in [1.29, 1.82) is 0 Å². The first kappa shape index (κ1) is 13.4. The molecule has 0 spiro atoms. The number of pyridine rings is 1. The van der Waals surface area contributed by atoms with Gasteiger partial charge in [-0.05, 0) is 30.7 Å². The summed E-state index contributed by atoms with van der Waals surface area (Å²) >= 11 is 0. The second-order valence-corrected chi connectivity index (χ2v) is 5.11. The number of fused-ring (bicyclic) bond motifs is 1. The Labute approximate surface area is 125 Å². The lowest BCUT2D eigenvalue weighted by Gasteiger charge is -2.17. The molecule has 0 bridgehead atoms. The first-order valence-corrected chi connectivity index (χ1v) is 7.10. The van der Waals surface area contributed by atoms with E-state index >= 15 is 0 Å². The smallest absolute Gasteiger partial charge is 0.0754 e. The number of hydrogen-bond donors (Lipinski definition) is 1. The number of benzene rings is 2. The Morgan fingerprint density at radius 3 is 2.57 bits per heavy atom. The standard InChI is InChI=1S/C19H18N2/c1-3-15-9-11-17(12-10-15)21-14(2)18-8-4-6-16-7-5-13-20-19(16)18/h3-14,21H,1H2,2H3. The molecule has 0 aliphatic heterocycles. The van der Waals surface area contributed by atoms with Crippen LogP contribution in [0.2, 0.25) is 0 Å². The van der Waals surface area contributed by atoms with Gasteiger partial charge in [0.05, 0.1) is 11.6 Å². The minimum absolute atomic E-state index is 0.193. The van der Waals surface area contributed by atoms with E-state index in [9.17, 15) is 0 Å². The quantitative estimate of drug-likeness (QED) is 0.720. The van der Waals surface area contributed by atoms with Gasteiger partial charge >= 0.3 is 0 Å². The zero-order valence-corrected chi connectivity index (χ0v) is 12.1. The van der Waals surface area contributed by atoms with Crippen LogP contribution in [0, 0.1) is 0 Å². The van der Waals surface area contributed by atoms with Gasteiger partial charge in [-0.15, -0.1) is 0 Å². The van der Waals surface area contributed by atoms with Crippen molar-refractivity contribution in [2.24, 2.45) is 0 Å². The second kappa shape index (κ2) is 5.80. The third kappa shape index (κ3) is 2.79. The van der Waals surface area contributed by atoms with Crippen molar-refractivity contribution in [2.45, 2.75) is 13.0 Å². The molecular weight excluding hydrogens is 256 g/mol. The highest BCUT2D eigenvalue weighted by molar-refractivity contribution is 5.82. The van der Waals surface area contributed by atoms with Gasteiger partial charge in [0.2, 0.25) is 0 Å². The SMILES string of the molecule is C=Cc1ccc(NC(C)c2cccc3cccnc23)cc1. The summed E-state index contributed by atoms with van der Waals surface area (Å²) in [5.74, 6) is 0. The number of rotatable bonds is 4. The zero-order valence-electron chi connectivity index (χ0n) is 12.1. The molecule has 2 nitrogen and oxygen atoms in total. The maximum Gasteiger partial charge on any atom is 0.0754 e. The molecule has 0 saturated heterocycles. The van der Waals surface area contributed by atoms with E-state index in [2.05, 4.69) is 72.3 Å². The topological polar surface area (TPSA) is 24.9 Å². The van der Waals surface area contributed by atoms with E-state index in [0.717, 1.165) is 16.8 Å². The van der Waals surface area contributed by atoms with Crippen LogP contribution in [0.1, 0.15) is 24.1 Å². The molecule has 0 amide bonds. The van der Waals surface area contributed by atoms with Gasteiger partial charge in [-0.2, -0.15) is 0 Å². The predicted octanol–water partition coefficient (Wildman–Crippen LogP) is 5.05. The molecule has 1 atom stereocenters. The minimum Gasteiger partial charge on any atom is -0.378 e. The molecule has 0 radical (unpaired) electrons. The van der Waals surface area contributed by atoms with Gasteiger partial charge in [-0.1, -0.05) is 49.1 Å². The molecule has 0 fully saturated rings. The average Bonchev–Trinajstić information content (AvgIpc) is 2.55. The van der Waals surface area contributed by atoms with Crippen LogP contribution in [0.15, 0.2) is 67.4 Å². The van der Waals surface area contributed by atoms with Gasteiger partial charge in [0.25, 0.3) is 0 Å². The van der Waals surface area contributed by atoms with Crippen LogP contribution in [0.5, 0.6) is 0 Å². The molecule has 3 rings (SSSR count). The van der Waals surface area contributed by atoms with Crippen LogP contribution in [-0.4, -0.2) is 4.98 Å². The fraction of sp³-hybridized carbons (Fsp3) is 0.105. The number of hydrogen-bond acceptors (Lipinski definition) is 2. The molecule has 2 heteroatoms. The summed E-state index contributed by atoms with van der Waals surface area (Å²) in [5.41, 5.74) is 4.49. The number of nitrogens with zero attached hydrogens (tertiary/aromatic N) is 1. The Morgan fingerprint density at radius 1 is 1.05 bits per heavy atom. The molecule has 0 aliphatic rings. The molecule has 1 heterocycles. The summed E-state index contributed by atoms with van der Waals surface area (Å²) in [6.45, 7) is 5.93. The first-order chi connectivity index (χ1) is 10.3. The molecule has 21 heavy (non-hydrogen) atoms. The molecule has 104 valence electrons. The Morgan fingerprint density at radius 2 is 1.81 bits per heavy atom. The Balaban J connectivity index is 1.89. The van der Waals surface area contributed by atoms with Crippen molar-refractivity contribution < 1.29 is 0 Å². The molecule has 3 aromatic rings. The van der Waals surface area contributed by atoms with E-state index < -0.39 is 0 Å². The van der Waals surface area contributed by atoms with Crippen molar-refractivity contribution in [3.8, 4) is 0 Å². The largest absolute Gasteiger partial charge is 0.378 e. The van der Waals surface area contributed by atoms with Gasteiger partial charge in [0.1, 0.15) is 0 Å². The molecule has 0 aliphatic carbocycles. The molecule has 2 aromatic carbocycles. The Bertz CT molecular complexity index is 755. The highest BCUT2D eigenvalue weighted by Crippen LogP contribution is 2.25. The van der Waals surface area contributed by atoms with Crippen LogP contribution in [0.3, 0.4) is 0 Å². The maximum atomic E-state index is 4.52. The summed E-state index contributed by atoms with van der Waals surface area (Å²) in [5, 5.41) is 4.70. The highest BCUT2D eigenvalue weighted by atomic mass is 14.9. The lowest BCUT2D eigenvalue weighted by molar-refractivity contribution is 0.891. The van der Waals surface area contributed by atoms with Crippen molar-refractivity contribution in [3.05, 3.63) is 78.5 Å². The van der Waals surface area contributed by atoms with Crippen LogP contribution in [0.4, 0.5) is 5.69 Å². The fourth-order valence-corrected chi connectivity index (χ4v) is 2.52. The summed E-state index contributed by atoms with van der Waals surface area (Å²) in [6, 6.07) is 18.8. The summed E-state index contributed by atoms with van der Waals surface area (Å²) < 4.78 is 0. The van der Waals surface area contributed by atoms with Gasteiger partial charge < -0.3 is 5.32 Å². The van der Waals surface area contributed by atoms with Crippen LogP contribution in [0.25, 0.3) is 17.0 Å². The van der Waals surface area contributed by atoms with Crippen LogP contribution < -0.4 is 5.32 Å².